The van der Waals surface area contributed by atoms with Gasteiger partial charge in [-0.15, -0.1) is 11.3 Å². The van der Waals surface area contributed by atoms with Crippen molar-refractivity contribution in [1.82, 2.24) is 9.97 Å². The number of carbonyl (C=O) groups excluding carboxylic acids is 1. The monoisotopic (exact) mass is 418 g/mol. The second-order valence-corrected chi connectivity index (χ2v) is 7.97. The number of nitrogens with one attached hydrogen (secondary N) is 2. The van der Waals surface area contributed by atoms with Crippen LogP contribution in [0.2, 0.25) is 0 Å². The second kappa shape index (κ2) is 8.92. The van der Waals surface area contributed by atoms with Crippen LogP contribution < -0.4 is 10.6 Å². The summed E-state index contributed by atoms with van der Waals surface area (Å²) < 4.78 is 5.25. The van der Waals surface area contributed by atoms with Gasteiger partial charge in [0.25, 0.3) is 5.91 Å². The van der Waals surface area contributed by atoms with E-state index in [2.05, 4.69) is 33.6 Å². The highest BCUT2D eigenvalue weighted by molar-refractivity contribution is 7.16. The van der Waals surface area contributed by atoms with Gasteiger partial charge in [-0.25, -0.2) is 4.98 Å². The van der Waals surface area contributed by atoms with Gasteiger partial charge in [-0.05, 0) is 61.4 Å². The number of anilines is 2. The first-order chi connectivity index (χ1) is 14.6. The van der Waals surface area contributed by atoms with Crippen LogP contribution in [0.4, 0.5) is 10.8 Å². The zero-order valence-corrected chi connectivity index (χ0v) is 17.6. The molecule has 0 aromatic carbocycles. The van der Waals surface area contributed by atoms with E-state index in [1.165, 1.54) is 11.1 Å². The lowest BCUT2D eigenvalue weighted by atomic mass is 10.0. The molecule has 0 aliphatic carbocycles. The van der Waals surface area contributed by atoms with Crippen molar-refractivity contribution in [2.75, 3.05) is 10.6 Å². The zero-order valence-electron chi connectivity index (χ0n) is 16.8. The van der Waals surface area contributed by atoms with Gasteiger partial charge < -0.3 is 15.1 Å². The van der Waals surface area contributed by atoms with Crippen molar-refractivity contribution in [3.8, 4) is 0 Å². The summed E-state index contributed by atoms with van der Waals surface area (Å²) in [4.78, 5) is 22.8. The fourth-order valence-corrected chi connectivity index (χ4v) is 4.17. The highest BCUT2D eigenvalue weighted by Crippen LogP contribution is 2.37. The molecule has 0 unspecified atom stereocenters. The van der Waals surface area contributed by atoms with Crippen molar-refractivity contribution in [1.29, 1.82) is 0 Å². The molecule has 0 aliphatic rings. The first-order valence-corrected chi connectivity index (χ1v) is 10.5. The minimum atomic E-state index is -0.279. The normalized spacial score (nSPS) is 11.8. The summed E-state index contributed by atoms with van der Waals surface area (Å²) in [5.74, 6) is 0.743. The number of pyridine rings is 2. The molecule has 0 bridgehead atoms. The fourth-order valence-electron chi connectivity index (χ4n) is 3.14. The molecule has 7 heteroatoms. The number of nitrogens with zero attached hydrogens (tertiary/aromatic N) is 2. The van der Waals surface area contributed by atoms with E-state index in [9.17, 15) is 4.79 Å². The third kappa shape index (κ3) is 4.41. The standard InChI is InChI=1S/C23H22N4O2S/c1-3-16-14-17(23(30-16)27-22(28)19-8-6-12-29-19)21(18-7-4-5-10-24-18)26-20-13-15(2)9-11-25-20/h4-14,21H,3H2,1-2H3,(H,25,26)(H,27,28)/t21-/m0/s1. The van der Waals surface area contributed by atoms with E-state index in [-0.39, 0.29) is 17.7 Å². The molecule has 1 amide bonds. The second-order valence-electron chi connectivity index (χ2n) is 6.83. The van der Waals surface area contributed by atoms with Crippen molar-refractivity contribution in [3.63, 3.8) is 0 Å². The van der Waals surface area contributed by atoms with Crippen LogP contribution in [-0.2, 0) is 6.42 Å². The molecule has 0 fully saturated rings. The number of aromatic nitrogens is 2. The smallest absolute Gasteiger partial charge is 0.291 e. The van der Waals surface area contributed by atoms with Gasteiger partial charge in [0, 0.05) is 22.8 Å². The molecule has 4 heterocycles. The lowest BCUT2D eigenvalue weighted by molar-refractivity contribution is 0.0997. The van der Waals surface area contributed by atoms with Gasteiger partial charge in [0.2, 0.25) is 0 Å². The first kappa shape index (κ1) is 19.8. The Bertz CT molecular complexity index is 1120. The SMILES string of the molecule is CCc1cc([C@H](Nc2cc(C)ccn2)c2ccccn2)c(NC(=O)c2ccco2)s1. The van der Waals surface area contributed by atoms with Gasteiger partial charge in [-0.3, -0.25) is 9.78 Å². The Kier molecular flexibility index (Phi) is 5.90. The Morgan fingerprint density at radius 3 is 2.73 bits per heavy atom. The number of furan rings is 1. The number of rotatable bonds is 7. The maximum absolute atomic E-state index is 12.6. The maximum Gasteiger partial charge on any atom is 0.291 e. The van der Waals surface area contributed by atoms with Gasteiger partial charge in [0.1, 0.15) is 10.8 Å². The topological polar surface area (TPSA) is 80.0 Å². The molecule has 4 aromatic heterocycles. The van der Waals surface area contributed by atoms with Crippen LogP contribution in [-0.4, -0.2) is 15.9 Å². The molecule has 0 spiro atoms. The van der Waals surface area contributed by atoms with E-state index in [1.807, 2.05) is 37.3 Å². The van der Waals surface area contributed by atoms with Crippen LogP contribution in [0, 0.1) is 6.92 Å². The zero-order chi connectivity index (χ0) is 20.9. The molecule has 0 saturated heterocycles. The molecule has 0 saturated carbocycles. The van der Waals surface area contributed by atoms with E-state index >= 15 is 0 Å². The molecule has 0 radical (unpaired) electrons. The lowest BCUT2D eigenvalue weighted by Crippen LogP contribution is -2.17. The van der Waals surface area contributed by atoms with Gasteiger partial charge in [0.15, 0.2) is 5.76 Å². The predicted molar refractivity (Wildman–Crippen MR) is 119 cm³/mol. The molecule has 152 valence electrons. The van der Waals surface area contributed by atoms with Crippen LogP contribution in [0.15, 0.2) is 71.6 Å². The van der Waals surface area contributed by atoms with Gasteiger partial charge in [-0.2, -0.15) is 0 Å². The number of hydrogen-bond donors (Lipinski definition) is 2. The summed E-state index contributed by atoms with van der Waals surface area (Å²) in [6.07, 6.45) is 5.90. The predicted octanol–water partition coefficient (Wildman–Crippen LogP) is 5.46. The summed E-state index contributed by atoms with van der Waals surface area (Å²) in [6.45, 7) is 4.12. The third-order valence-corrected chi connectivity index (χ3v) is 5.85. The number of thiophene rings is 1. The van der Waals surface area contributed by atoms with Gasteiger partial charge >= 0.3 is 0 Å². The summed E-state index contributed by atoms with van der Waals surface area (Å²) in [5.41, 5.74) is 2.90. The van der Waals surface area contributed by atoms with E-state index in [0.29, 0.717) is 0 Å². The fraction of sp³-hybridized carbons (Fsp3) is 0.174. The lowest BCUT2D eigenvalue weighted by Gasteiger charge is -2.20. The summed E-state index contributed by atoms with van der Waals surface area (Å²) in [7, 11) is 0. The largest absolute Gasteiger partial charge is 0.459 e. The van der Waals surface area contributed by atoms with Crippen LogP contribution in [0.3, 0.4) is 0 Å². The average molecular weight is 419 g/mol. The number of amides is 1. The summed E-state index contributed by atoms with van der Waals surface area (Å²) >= 11 is 1.56. The number of aryl methyl sites for hydroxylation is 2. The Balaban J connectivity index is 1.74. The van der Waals surface area contributed by atoms with Crippen LogP contribution in [0.25, 0.3) is 0 Å². The minimum absolute atomic E-state index is 0.273. The Morgan fingerprint density at radius 2 is 2.03 bits per heavy atom. The molecular weight excluding hydrogens is 396 g/mol. The minimum Gasteiger partial charge on any atom is -0.459 e. The Morgan fingerprint density at radius 1 is 1.13 bits per heavy atom. The van der Waals surface area contributed by atoms with Crippen molar-refractivity contribution in [3.05, 3.63) is 94.6 Å². The van der Waals surface area contributed by atoms with Crippen molar-refractivity contribution < 1.29 is 9.21 Å². The van der Waals surface area contributed by atoms with E-state index in [1.54, 1.807) is 35.9 Å². The highest BCUT2D eigenvalue weighted by atomic mass is 32.1. The van der Waals surface area contributed by atoms with Gasteiger partial charge in [-0.1, -0.05) is 13.0 Å². The molecule has 0 aliphatic heterocycles. The van der Waals surface area contributed by atoms with Crippen LogP contribution >= 0.6 is 11.3 Å². The first-order valence-electron chi connectivity index (χ1n) is 9.71. The molecule has 4 aromatic rings. The molecule has 4 rings (SSSR count). The van der Waals surface area contributed by atoms with Crippen molar-refractivity contribution in [2.45, 2.75) is 26.3 Å². The Labute approximate surface area is 179 Å². The van der Waals surface area contributed by atoms with Crippen molar-refractivity contribution >= 4 is 28.1 Å². The highest BCUT2D eigenvalue weighted by Gasteiger charge is 2.24. The number of carbonyl (C=O) groups is 1. The maximum atomic E-state index is 12.6. The van der Waals surface area contributed by atoms with Crippen molar-refractivity contribution in [2.24, 2.45) is 0 Å². The van der Waals surface area contributed by atoms with Crippen LogP contribution in [0.1, 0.15) is 45.2 Å². The Hall–Kier alpha value is -3.45. The van der Waals surface area contributed by atoms with E-state index in [4.69, 9.17) is 4.42 Å². The number of hydrogen-bond acceptors (Lipinski definition) is 6. The molecule has 2 N–H and O–H groups in total. The van der Waals surface area contributed by atoms with Crippen LogP contribution in [0.5, 0.6) is 0 Å². The third-order valence-electron chi connectivity index (χ3n) is 4.63. The van der Waals surface area contributed by atoms with E-state index < -0.39 is 0 Å². The molecule has 1 atom stereocenters. The average Bonchev–Trinajstić information content (AvgIpc) is 3.43. The molecular formula is C23H22N4O2S. The summed E-state index contributed by atoms with van der Waals surface area (Å²) in [5, 5.41) is 7.28. The summed E-state index contributed by atoms with van der Waals surface area (Å²) in [6, 6.07) is 14.9. The quantitative estimate of drug-likeness (QED) is 0.417. The van der Waals surface area contributed by atoms with Gasteiger partial charge in [0.05, 0.1) is 18.0 Å². The molecule has 30 heavy (non-hydrogen) atoms. The molecule has 6 nitrogen and oxygen atoms in total. The van der Waals surface area contributed by atoms with E-state index in [0.717, 1.165) is 34.1 Å².